The van der Waals surface area contributed by atoms with Gasteiger partial charge in [0.2, 0.25) is 5.91 Å². The molecule has 1 aliphatic heterocycles. The maximum Gasteiger partial charge on any atom is 0.244 e. The minimum Gasteiger partial charge on any atom is -0.366 e. The van der Waals surface area contributed by atoms with Gasteiger partial charge in [-0.3, -0.25) is 9.78 Å². The fourth-order valence-electron chi connectivity index (χ4n) is 2.89. The number of hydrogen-bond acceptors (Lipinski definition) is 3. The molecule has 3 rings (SSSR count). The molecule has 4 heteroatoms. The number of carbonyl (C=O) groups excluding carboxylic acids is 1. The lowest BCUT2D eigenvalue weighted by molar-refractivity contribution is -0.116. The summed E-state index contributed by atoms with van der Waals surface area (Å²) in [5.41, 5.74) is 3.60. The standard InChI is InChI=1S/C19H21N3O/c1-15(22-12-10-17-6-2-3-7-18(17)22)13-21-19(23)9-8-16-5-4-11-20-14-16/h2-9,11,14-15H,10,12-13H2,1H3,(H,21,23)/b9-8+. The van der Waals surface area contributed by atoms with E-state index < -0.39 is 0 Å². The van der Waals surface area contributed by atoms with Crippen molar-refractivity contribution in [2.75, 3.05) is 18.0 Å². The van der Waals surface area contributed by atoms with Crippen LogP contribution < -0.4 is 10.2 Å². The number of pyridine rings is 1. The number of nitrogens with zero attached hydrogens (tertiary/aromatic N) is 2. The molecule has 2 heterocycles. The zero-order chi connectivity index (χ0) is 16.1. The first-order valence-electron chi connectivity index (χ1n) is 7.94. The van der Waals surface area contributed by atoms with E-state index in [1.54, 1.807) is 24.5 Å². The topological polar surface area (TPSA) is 45.2 Å². The summed E-state index contributed by atoms with van der Waals surface area (Å²) in [5, 5.41) is 2.97. The van der Waals surface area contributed by atoms with E-state index in [4.69, 9.17) is 0 Å². The van der Waals surface area contributed by atoms with Crippen LogP contribution in [0.3, 0.4) is 0 Å². The van der Waals surface area contributed by atoms with Gasteiger partial charge in [0.05, 0.1) is 0 Å². The fourth-order valence-corrected chi connectivity index (χ4v) is 2.89. The molecule has 1 amide bonds. The Labute approximate surface area is 136 Å². The molecule has 1 aliphatic rings. The highest BCUT2D eigenvalue weighted by atomic mass is 16.1. The fraction of sp³-hybridized carbons (Fsp3) is 0.263. The van der Waals surface area contributed by atoms with Crippen molar-refractivity contribution in [2.45, 2.75) is 19.4 Å². The molecule has 0 aliphatic carbocycles. The molecular formula is C19H21N3O. The van der Waals surface area contributed by atoms with Crippen LogP contribution in [0.4, 0.5) is 5.69 Å². The molecule has 23 heavy (non-hydrogen) atoms. The van der Waals surface area contributed by atoms with E-state index in [1.807, 2.05) is 12.1 Å². The first-order chi connectivity index (χ1) is 11.2. The second-order valence-corrected chi connectivity index (χ2v) is 5.79. The Kier molecular flexibility index (Phi) is 4.71. The van der Waals surface area contributed by atoms with Crippen molar-refractivity contribution in [3.05, 3.63) is 66.0 Å². The van der Waals surface area contributed by atoms with Crippen molar-refractivity contribution in [2.24, 2.45) is 0 Å². The van der Waals surface area contributed by atoms with Gasteiger partial charge in [0.15, 0.2) is 0 Å². The van der Waals surface area contributed by atoms with Crippen molar-refractivity contribution >= 4 is 17.7 Å². The largest absolute Gasteiger partial charge is 0.366 e. The highest BCUT2D eigenvalue weighted by molar-refractivity contribution is 5.91. The SMILES string of the molecule is CC(CNC(=O)/C=C/c1cccnc1)N1CCc2ccccc21. The molecular weight excluding hydrogens is 286 g/mol. The zero-order valence-corrected chi connectivity index (χ0v) is 13.3. The molecule has 1 atom stereocenters. The summed E-state index contributed by atoms with van der Waals surface area (Å²) in [6.07, 6.45) is 7.86. The Morgan fingerprint density at radius 2 is 2.22 bits per heavy atom. The van der Waals surface area contributed by atoms with E-state index >= 15 is 0 Å². The number of amides is 1. The number of benzene rings is 1. The van der Waals surface area contributed by atoms with Crippen LogP contribution in [0, 0.1) is 0 Å². The molecule has 1 aromatic carbocycles. The number of aromatic nitrogens is 1. The summed E-state index contributed by atoms with van der Waals surface area (Å²) >= 11 is 0. The summed E-state index contributed by atoms with van der Waals surface area (Å²) in [5.74, 6) is -0.0758. The number of fused-ring (bicyclic) bond motifs is 1. The number of anilines is 1. The molecule has 1 unspecified atom stereocenters. The first kappa shape index (κ1) is 15.3. The van der Waals surface area contributed by atoms with Gasteiger partial charge in [-0.1, -0.05) is 24.3 Å². The van der Waals surface area contributed by atoms with E-state index in [-0.39, 0.29) is 11.9 Å². The number of nitrogens with one attached hydrogen (secondary N) is 1. The van der Waals surface area contributed by atoms with Crippen LogP contribution in [0.2, 0.25) is 0 Å². The molecule has 1 aromatic heterocycles. The van der Waals surface area contributed by atoms with Gasteiger partial charge in [0, 0.05) is 43.3 Å². The third-order valence-corrected chi connectivity index (χ3v) is 4.14. The third kappa shape index (κ3) is 3.77. The van der Waals surface area contributed by atoms with E-state index in [0.29, 0.717) is 6.54 Å². The normalized spacial score (nSPS) is 14.7. The van der Waals surface area contributed by atoms with Gasteiger partial charge in [-0.15, -0.1) is 0 Å². The number of hydrogen-bond donors (Lipinski definition) is 1. The average Bonchev–Trinajstić information content (AvgIpc) is 3.03. The van der Waals surface area contributed by atoms with Gasteiger partial charge in [0.1, 0.15) is 0 Å². The zero-order valence-electron chi connectivity index (χ0n) is 13.3. The van der Waals surface area contributed by atoms with Crippen molar-refractivity contribution in [3.8, 4) is 0 Å². The second kappa shape index (κ2) is 7.09. The van der Waals surface area contributed by atoms with Gasteiger partial charge in [-0.25, -0.2) is 0 Å². The Bertz CT molecular complexity index is 697. The Morgan fingerprint density at radius 1 is 1.35 bits per heavy atom. The number of para-hydroxylation sites is 1. The van der Waals surface area contributed by atoms with Gasteiger partial charge < -0.3 is 10.2 Å². The predicted molar refractivity (Wildman–Crippen MR) is 93.2 cm³/mol. The lowest BCUT2D eigenvalue weighted by Gasteiger charge is -2.27. The van der Waals surface area contributed by atoms with Gasteiger partial charge >= 0.3 is 0 Å². The van der Waals surface area contributed by atoms with E-state index in [2.05, 4.69) is 46.4 Å². The summed E-state index contributed by atoms with van der Waals surface area (Å²) < 4.78 is 0. The molecule has 2 aromatic rings. The van der Waals surface area contributed by atoms with Crippen LogP contribution in [0.15, 0.2) is 54.9 Å². The minimum absolute atomic E-state index is 0.0758. The number of rotatable bonds is 5. The van der Waals surface area contributed by atoms with Crippen LogP contribution in [0.5, 0.6) is 0 Å². The van der Waals surface area contributed by atoms with Crippen LogP contribution in [-0.4, -0.2) is 30.0 Å². The van der Waals surface area contributed by atoms with Gasteiger partial charge in [-0.05, 0) is 42.7 Å². The highest BCUT2D eigenvalue weighted by Crippen LogP contribution is 2.28. The van der Waals surface area contributed by atoms with Crippen LogP contribution in [-0.2, 0) is 11.2 Å². The maximum absolute atomic E-state index is 11.9. The van der Waals surface area contributed by atoms with Gasteiger partial charge in [-0.2, -0.15) is 0 Å². The lowest BCUT2D eigenvalue weighted by Crippen LogP contribution is -2.41. The van der Waals surface area contributed by atoms with Gasteiger partial charge in [0.25, 0.3) is 0 Å². The highest BCUT2D eigenvalue weighted by Gasteiger charge is 2.22. The Balaban J connectivity index is 1.52. The second-order valence-electron chi connectivity index (χ2n) is 5.79. The lowest BCUT2D eigenvalue weighted by atomic mass is 10.2. The summed E-state index contributed by atoms with van der Waals surface area (Å²) in [4.78, 5) is 18.3. The predicted octanol–water partition coefficient (Wildman–Crippen LogP) is 2.66. The Morgan fingerprint density at radius 3 is 3.04 bits per heavy atom. The quantitative estimate of drug-likeness (QED) is 0.864. The van der Waals surface area contributed by atoms with Crippen molar-refractivity contribution < 1.29 is 4.79 Å². The molecule has 0 bridgehead atoms. The third-order valence-electron chi connectivity index (χ3n) is 4.14. The molecule has 0 fully saturated rings. The molecule has 0 saturated carbocycles. The number of carbonyl (C=O) groups is 1. The van der Waals surface area contributed by atoms with Crippen molar-refractivity contribution in [3.63, 3.8) is 0 Å². The maximum atomic E-state index is 11.9. The van der Waals surface area contributed by atoms with E-state index in [1.165, 1.54) is 11.3 Å². The van der Waals surface area contributed by atoms with Crippen LogP contribution in [0.25, 0.3) is 6.08 Å². The van der Waals surface area contributed by atoms with Crippen LogP contribution in [0.1, 0.15) is 18.1 Å². The summed E-state index contributed by atoms with van der Waals surface area (Å²) in [6, 6.07) is 12.5. The monoisotopic (exact) mass is 307 g/mol. The minimum atomic E-state index is -0.0758. The van der Waals surface area contributed by atoms with E-state index in [0.717, 1.165) is 18.5 Å². The molecule has 0 saturated heterocycles. The van der Waals surface area contributed by atoms with Crippen molar-refractivity contribution in [1.82, 2.24) is 10.3 Å². The Hall–Kier alpha value is -2.62. The average molecular weight is 307 g/mol. The molecule has 0 radical (unpaired) electrons. The molecule has 0 spiro atoms. The molecule has 4 nitrogen and oxygen atoms in total. The summed E-state index contributed by atoms with van der Waals surface area (Å²) in [7, 11) is 0. The van der Waals surface area contributed by atoms with Crippen LogP contribution >= 0.6 is 0 Å². The van der Waals surface area contributed by atoms with Crippen molar-refractivity contribution in [1.29, 1.82) is 0 Å². The molecule has 1 N–H and O–H groups in total. The summed E-state index contributed by atoms with van der Waals surface area (Å²) in [6.45, 7) is 3.79. The first-order valence-corrected chi connectivity index (χ1v) is 7.94. The smallest absolute Gasteiger partial charge is 0.244 e. The molecule has 118 valence electrons. The van der Waals surface area contributed by atoms with E-state index in [9.17, 15) is 4.79 Å².